The molecule has 5 heteroatoms. The van der Waals surface area contributed by atoms with Gasteiger partial charge in [0.1, 0.15) is 0 Å². The molecule has 0 unspecified atom stereocenters. The summed E-state index contributed by atoms with van der Waals surface area (Å²) in [5.74, 6) is 0. The van der Waals surface area contributed by atoms with E-state index >= 15 is 0 Å². The quantitative estimate of drug-likeness (QED) is 0.355. The van der Waals surface area contributed by atoms with Gasteiger partial charge in [-0.15, -0.1) is 0 Å². The van der Waals surface area contributed by atoms with Crippen LogP contribution in [0, 0.1) is 0 Å². The van der Waals surface area contributed by atoms with Crippen LogP contribution in [-0.2, 0) is 18.0 Å². The normalized spacial score (nSPS) is 12.3. The fraction of sp³-hybridized carbons (Fsp3) is 0.778. The zero-order valence-electron chi connectivity index (χ0n) is 9.41. The van der Waals surface area contributed by atoms with Crippen LogP contribution in [0.2, 0.25) is 6.04 Å². The zero-order valence-corrected chi connectivity index (χ0v) is 10.4. The van der Waals surface area contributed by atoms with Gasteiger partial charge in [0.25, 0.3) is 0 Å². The molecule has 0 fully saturated rings. The maximum absolute atomic E-state index is 5.26. The molecule has 0 rings (SSSR count). The summed E-state index contributed by atoms with van der Waals surface area (Å²) in [5, 5.41) is 0. The standard InChI is InChI=1S/C9H20O4Si/c1-5-7-13-8-6-9-14(10-2,11-3)12-4/h5,7H,6,8-9H2,1-4H3/b7-5-. The van der Waals surface area contributed by atoms with Gasteiger partial charge in [-0.3, -0.25) is 0 Å². The smallest absolute Gasteiger partial charge is 0.500 e. The van der Waals surface area contributed by atoms with E-state index in [0.717, 1.165) is 12.5 Å². The highest BCUT2D eigenvalue weighted by Gasteiger charge is 2.36. The molecule has 0 aliphatic carbocycles. The van der Waals surface area contributed by atoms with Gasteiger partial charge >= 0.3 is 8.80 Å². The molecule has 84 valence electrons. The van der Waals surface area contributed by atoms with Gasteiger partial charge < -0.3 is 18.0 Å². The molecule has 4 nitrogen and oxygen atoms in total. The van der Waals surface area contributed by atoms with Crippen LogP contribution in [0.25, 0.3) is 0 Å². The van der Waals surface area contributed by atoms with Crippen LogP contribution in [0.5, 0.6) is 0 Å². The molecule has 0 aliphatic heterocycles. The zero-order chi connectivity index (χ0) is 10.9. The van der Waals surface area contributed by atoms with Crippen LogP contribution < -0.4 is 0 Å². The maximum Gasteiger partial charge on any atom is 0.500 e. The van der Waals surface area contributed by atoms with Crippen molar-refractivity contribution in [2.24, 2.45) is 0 Å². The maximum atomic E-state index is 5.26. The first kappa shape index (κ1) is 13.6. The van der Waals surface area contributed by atoms with Crippen LogP contribution in [0.1, 0.15) is 13.3 Å². The molecule has 0 N–H and O–H groups in total. The summed E-state index contributed by atoms with van der Waals surface area (Å²) >= 11 is 0. The fourth-order valence-electron chi connectivity index (χ4n) is 1.09. The molecule has 0 saturated carbocycles. The van der Waals surface area contributed by atoms with Crippen molar-refractivity contribution in [1.82, 2.24) is 0 Å². The molecule has 0 amide bonds. The SMILES string of the molecule is C/C=C\OCCC[Si](OC)(OC)OC. The van der Waals surface area contributed by atoms with Crippen molar-refractivity contribution in [3.05, 3.63) is 12.3 Å². The minimum Gasteiger partial charge on any atom is -0.502 e. The molecule has 0 aromatic rings. The monoisotopic (exact) mass is 220 g/mol. The number of ether oxygens (including phenoxy) is 1. The summed E-state index contributed by atoms with van der Waals surface area (Å²) in [7, 11) is 2.47. The molecule has 0 bridgehead atoms. The molecule has 0 spiro atoms. The van der Waals surface area contributed by atoms with Crippen molar-refractivity contribution >= 4 is 8.80 Å². The Hall–Kier alpha value is -0.363. The van der Waals surface area contributed by atoms with Gasteiger partial charge in [-0.05, 0) is 13.3 Å². The highest BCUT2D eigenvalue weighted by atomic mass is 28.4. The van der Waals surface area contributed by atoms with Crippen molar-refractivity contribution < 1.29 is 18.0 Å². The van der Waals surface area contributed by atoms with E-state index in [1.54, 1.807) is 27.6 Å². The summed E-state index contributed by atoms with van der Waals surface area (Å²) in [6, 6.07) is 0.772. The predicted octanol–water partition coefficient (Wildman–Crippen LogP) is 1.80. The Morgan fingerprint density at radius 3 is 2.07 bits per heavy atom. The van der Waals surface area contributed by atoms with E-state index < -0.39 is 8.80 Å². The Kier molecular flexibility index (Phi) is 7.78. The van der Waals surface area contributed by atoms with Gasteiger partial charge in [-0.2, -0.15) is 0 Å². The van der Waals surface area contributed by atoms with Crippen molar-refractivity contribution in [3.63, 3.8) is 0 Å². The van der Waals surface area contributed by atoms with Crippen molar-refractivity contribution in [2.75, 3.05) is 27.9 Å². The molecule has 0 atom stereocenters. The first-order chi connectivity index (χ1) is 6.74. The Labute approximate surface area is 87.2 Å². The van der Waals surface area contributed by atoms with Crippen molar-refractivity contribution in [3.8, 4) is 0 Å². The highest BCUT2D eigenvalue weighted by molar-refractivity contribution is 6.60. The Morgan fingerprint density at radius 1 is 1.07 bits per heavy atom. The molecule has 14 heavy (non-hydrogen) atoms. The first-order valence-electron chi connectivity index (χ1n) is 4.63. The van der Waals surface area contributed by atoms with Crippen molar-refractivity contribution in [1.29, 1.82) is 0 Å². The number of rotatable bonds is 8. The number of allylic oxidation sites excluding steroid dienone is 1. The molecule has 0 aromatic carbocycles. The van der Waals surface area contributed by atoms with Gasteiger partial charge in [0.15, 0.2) is 0 Å². The van der Waals surface area contributed by atoms with Gasteiger partial charge in [0, 0.05) is 27.4 Å². The van der Waals surface area contributed by atoms with Crippen LogP contribution in [0.15, 0.2) is 12.3 Å². The molecule has 0 heterocycles. The second-order valence-electron chi connectivity index (χ2n) is 2.74. The second kappa shape index (κ2) is 7.99. The van der Waals surface area contributed by atoms with Crippen LogP contribution in [0.3, 0.4) is 0 Å². The molecule has 0 aliphatic rings. The summed E-state index contributed by atoms with van der Waals surface area (Å²) in [6.07, 6.45) is 4.40. The third kappa shape index (κ3) is 4.76. The first-order valence-corrected chi connectivity index (χ1v) is 6.56. The summed E-state index contributed by atoms with van der Waals surface area (Å²) < 4.78 is 21.0. The Morgan fingerprint density at radius 2 is 1.64 bits per heavy atom. The lowest BCUT2D eigenvalue weighted by atomic mass is 10.5. The van der Waals surface area contributed by atoms with E-state index in [-0.39, 0.29) is 0 Å². The lowest BCUT2D eigenvalue weighted by Gasteiger charge is -2.23. The predicted molar refractivity (Wildman–Crippen MR) is 57.0 cm³/mol. The van der Waals surface area contributed by atoms with E-state index in [1.807, 2.05) is 13.0 Å². The van der Waals surface area contributed by atoms with Crippen LogP contribution in [0.4, 0.5) is 0 Å². The van der Waals surface area contributed by atoms with Gasteiger partial charge in [0.2, 0.25) is 0 Å². The van der Waals surface area contributed by atoms with Crippen LogP contribution in [-0.4, -0.2) is 36.7 Å². The topological polar surface area (TPSA) is 36.9 Å². The molecular weight excluding hydrogens is 200 g/mol. The fourth-order valence-corrected chi connectivity index (χ4v) is 2.78. The Bertz CT molecular complexity index is 149. The van der Waals surface area contributed by atoms with E-state index in [2.05, 4.69) is 0 Å². The number of hydrogen-bond acceptors (Lipinski definition) is 4. The van der Waals surface area contributed by atoms with Gasteiger partial charge in [0.05, 0.1) is 12.9 Å². The molecular formula is C9H20O4Si. The third-order valence-corrected chi connectivity index (χ3v) is 4.74. The lowest BCUT2D eigenvalue weighted by Crippen LogP contribution is -2.42. The molecule has 0 radical (unpaired) electrons. The second-order valence-corrected chi connectivity index (χ2v) is 5.83. The lowest BCUT2D eigenvalue weighted by molar-refractivity contribution is 0.119. The minimum atomic E-state index is -2.38. The van der Waals surface area contributed by atoms with Gasteiger partial charge in [-0.1, -0.05) is 6.08 Å². The van der Waals surface area contributed by atoms with Crippen LogP contribution >= 0.6 is 0 Å². The van der Waals surface area contributed by atoms with E-state index in [0.29, 0.717) is 6.61 Å². The molecule has 0 saturated heterocycles. The summed E-state index contributed by atoms with van der Waals surface area (Å²) in [5.41, 5.74) is 0. The summed E-state index contributed by atoms with van der Waals surface area (Å²) in [4.78, 5) is 0. The largest absolute Gasteiger partial charge is 0.502 e. The van der Waals surface area contributed by atoms with E-state index in [9.17, 15) is 0 Å². The number of hydrogen-bond donors (Lipinski definition) is 0. The van der Waals surface area contributed by atoms with Crippen molar-refractivity contribution in [2.45, 2.75) is 19.4 Å². The summed E-state index contributed by atoms with van der Waals surface area (Å²) in [6.45, 7) is 2.58. The minimum absolute atomic E-state index is 0.662. The molecule has 0 aromatic heterocycles. The third-order valence-electron chi connectivity index (χ3n) is 1.91. The van der Waals surface area contributed by atoms with Gasteiger partial charge in [-0.25, -0.2) is 0 Å². The average molecular weight is 220 g/mol. The van der Waals surface area contributed by atoms with E-state index in [4.69, 9.17) is 18.0 Å². The highest BCUT2D eigenvalue weighted by Crippen LogP contribution is 2.14. The average Bonchev–Trinajstić information content (AvgIpc) is 2.24. The Balaban J connectivity index is 3.71. The van der Waals surface area contributed by atoms with E-state index in [1.165, 1.54) is 0 Å².